The van der Waals surface area contributed by atoms with Gasteiger partial charge < -0.3 is 15.5 Å². The van der Waals surface area contributed by atoms with Crippen LogP contribution in [0.5, 0.6) is 0 Å². The molecule has 0 unspecified atom stereocenters. The van der Waals surface area contributed by atoms with E-state index in [1.165, 1.54) is 25.9 Å². The molecule has 1 aliphatic rings. The molecule has 0 atom stereocenters. The summed E-state index contributed by atoms with van der Waals surface area (Å²) in [4.78, 5) is 9.44. The Morgan fingerprint density at radius 3 is 2.09 bits per heavy atom. The van der Waals surface area contributed by atoms with Crippen molar-refractivity contribution in [2.45, 2.75) is 78.6 Å². The Balaban J connectivity index is 2.33. The SMILES string of the molecule is CN=C(NCCN(C(C)C)C(C)C)NC1CCN(C(C)C)CC1. The second-order valence-corrected chi connectivity index (χ2v) is 7.47. The van der Waals surface area contributed by atoms with Crippen LogP contribution in [0.2, 0.25) is 0 Å². The maximum absolute atomic E-state index is 4.39. The quantitative estimate of drug-likeness (QED) is 0.556. The Bertz CT molecular complexity index is 335. The molecule has 0 aromatic heterocycles. The molecule has 0 aliphatic carbocycles. The monoisotopic (exact) mass is 325 g/mol. The molecule has 0 aromatic rings. The highest BCUT2D eigenvalue weighted by Gasteiger charge is 2.21. The normalized spacial score (nSPS) is 18.5. The van der Waals surface area contributed by atoms with Gasteiger partial charge in [0, 0.05) is 57.4 Å². The van der Waals surface area contributed by atoms with Crippen molar-refractivity contribution in [3.05, 3.63) is 0 Å². The topological polar surface area (TPSA) is 42.9 Å². The first-order valence-corrected chi connectivity index (χ1v) is 9.32. The Morgan fingerprint density at radius 1 is 1.09 bits per heavy atom. The van der Waals surface area contributed by atoms with Crippen molar-refractivity contribution >= 4 is 5.96 Å². The van der Waals surface area contributed by atoms with Crippen LogP contribution in [0.3, 0.4) is 0 Å². The van der Waals surface area contributed by atoms with Crippen LogP contribution in [0, 0.1) is 0 Å². The predicted molar refractivity (Wildman–Crippen MR) is 101 cm³/mol. The lowest BCUT2D eigenvalue weighted by Crippen LogP contribution is -2.51. The average molecular weight is 326 g/mol. The smallest absolute Gasteiger partial charge is 0.191 e. The predicted octanol–water partition coefficient (Wildman–Crippen LogP) is 2.14. The molecule has 1 rings (SSSR count). The van der Waals surface area contributed by atoms with Crippen LogP contribution in [0.4, 0.5) is 0 Å². The van der Waals surface area contributed by atoms with Crippen molar-refractivity contribution in [3.63, 3.8) is 0 Å². The summed E-state index contributed by atoms with van der Waals surface area (Å²) in [7, 11) is 1.86. The van der Waals surface area contributed by atoms with E-state index in [2.05, 4.69) is 67.0 Å². The molecule has 23 heavy (non-hydrogen) atoms. The number of hydrogen-bond acceptors (Lipinski definition) is 3. The maximum atomic E-state index is 4.39. The van der Waals surface area contributed by atoms with Crippen LogP contribution in [-0.2, 0) is 0 Å². The van der Waals surface area contributed by atoms with Gasteiger partial charge in [-0.15, -0.1) is 0 Å². The first-order valence-electron chi connectivity index (χ1n) is 9.32. The lowest BCUT2D eigenvalue weighted by Gasteiger charge is -2.35. The van der Waals surface area contributed by atoms with E-state index >= 15 is 0 Å². The maximum Gasteiger partial charge on any atom is 0.191 e. The summed E-state index contributed by atoms with van der Waals surface area (Å²) in [6.45, 7) is 17.9. The van der Waals surface area contributed by atoms with Gasteiger partial charge in [0.2, 0.25) is 0 Å². The van der Waals surface area contributed by atoms with E-state index in [4.69, 9.17) is 0 Å². The molecular weight excluding hydrogens is 286 g/mol. The van der Waals surface area contributed by atoms with Gasteiger partial charge >= 0.3 is 0 Å². The summed E-state index contributed by atoms with van der Waals surface area (Å²) >= 11 is 0. The molecule has 2 N–H and O–H groups in total. The summed E-state index contributed by atoms with van der Waals surface area (Å²) in [5.74, 6) is 0.945. The van der Waals surface area contributed by atoms with Gasteiger partial charge in [-0.2, -0.15) is 0 Å². The number of rotatable bonds is 7. The molecule has 0 bridgehead atoms. The lowest BCUT2D eigenvalue weighted by atomic mass is 10.0. The summed E-state index contributed by atoms with van der Waals surface area (Å²) in [5.41, 5.74) is 0. The first-order chi connectivity index (χ1) is 10.8. The second kappa shape index (κ2) is 10.1. The van der Waals surface area contributed by atoms with Gasteiger partial charge in [-0.1, -0.05) is 0 Å². The highest BCUT2D eigenvalue weighted by Crippen LogP contribution is 2.12. The Labute approximate surface area is 143 Å². The summed E-state index contributed by atoms with van der Waals surface area (Å²) in [5, 5.41) is 7.07. The Hall–Kier alpha value is -0.810. The Morgan fingerprint density at radius 2 is 1.65 bits per heavy atom. The van der Waals surface area contributed by atoms with Crippen molar-refractivity contribution in [3.8, 4) is 0 Å². The van der Waals surface area contributed by atoms with Crippen molar-refractivity contribution in [1.29, 1.82) is 0 Å². The van der Waals surface area contributed by atoms with Crippen LogP contribution in [0.1, 0.15) is 54.4 Å². The van der Waals surface area contributed by atoms with Crippen molar-refractivity contribution in [2.75, 3.05) is 33.2 Å². The van der Waals surface area contributed by atoms with Gasteiger partial charge in [0.1, 0.15) is 0 Å². The van der Waals surface area contributed by atoms with Gasteiger partial charge in [-0.3, -0.25) is 9.89 Å². The largest absolute Gasteiger partial charge is 0.355 e. The van der Waals surface area contributed by atoms with E-state index in [1.54, 1.807) is 0 Å². The Kier molecular flexibility index (Phi) is 8.92. The minimum atomic E-state index is 0.544. The number of hydrogen-bond donors (Lipinski definition) is 2. The van der Waals surface area contributed by atoms with E-state index in [1.807, 2.05) is 7.05 Å². The molecule has 0 saturated carbocycles. The average Bonchev–Trinajstić information content (AvgIpc) is 2.49. The number of nitrogens with zero attached hydrogens (tertiary/aromatic N) is 3. The third kappa shape index (κ3) is 7.08. The van der Waals surface area contributed by atoms with E-state index < -0.39 is 0 Å². The summed E-state index contributed by atoms with van der Waals surface area (Å²) < 4.78 is 0. The van der Waals surface area contributed by atoms with E-state index in [9.17, 15) is 0 Å². The van der Waals surface area contributed by atoms with Gasteiger partial charge in [0.15, 0.2) is 5.96 Å². The molecule has 0 amide bonds. The zero-order valence-electron chi connectivity index (χ0n) is 16.4. The second-order valence-electron chi connectivity index (χ2n) is 7.47. The van der Waals surface area contributed by atoms with Gasteiger partial charge in [-0.05, 0) is 54.4 Å². The van der Waals surface area contributed by atoms with E-state index in [-0.39, 0.29) is 0 Å². The molecule has 5 heteroatoms. The molecule has 136 valence electrons. The molecule has 1 fully saturated rings. The molecule has 0 spiro atoms. The van der Waals surface area contributed by atoms with E-state index in [0.29, 0.717) is 24.2 Å². The summed E-state index contributed by atoms with van der Waals surface area (Å²) in [6, 6.07) is 2.35. The standard InChI is InChI=1S/C18H39N5/c1-14(2)22-11-8-17(9-12-22)21-18(19-7)20-10-13-23(15(3)4)16(5)6/h14-17H,8-13H2,1-7H3,(H2,19,20,21). The minimum absolute atomic E-state index is 0.544. The number of aliphatic imine (C=N–C) groups is 1. The molecular formula is C18H39N5. The molecule has 0 aromatic carbocycles. The summed E-state index contributed by atoms with van der Waals surface area (Å²) in [6.07, 6.45) is 2.39. The van der Waals surface area contributed by atoms with Crippen LogP contribution >= 0.6 is 0 Å². The fourth-order valence-electron chi connectivity index (χ4n) is 3.36. The molecule has 1 heterocycles. The molecule has 1 saturated heterocycles. The van der Waals surface area contributed by atoms with Crippen molar-refractivity contribution in [2.24, 2.45) is 4.99 Å². The van der Waals surface area contributed by atoms with Crippen LogP contribution in [0.25, 0.3) is 0 Å². The third-order valence-electron chi connectivity index (χ3n) is 4.81. The van der Waals surface area contributed by atoms with Crippen molar-refractivity contribution < 1.29 is 0 Å². The number of piperidine rings is 1. The zero-order chi connectivity index (χ0) is 17.4. The van der Waals surface area contributed by atoms with Crippen LogP contribution < -0.4 is 10.6 Å². The third-order valence-corrected chi connectivity index (χ3v) is 4.81. The van der Waals surface area contributed by atoms with Crippen molar-refractivity contribution in [1.82, 2.24) is 20.4 Å². The van der Waals surface area contributed by atoms with Gasteiger partial charge in [0.25, 0.3) is 0 Å². The van der Waals surface area contributed by atoms with E-state index in [0.717, 1.165) is 19.0 Å². The van der Waals surface area contributed by atoms with Crippen LogP contribution in [-0.4, -0.2) is 73.2 Å². The fraction of sp³-hybridized carbons (Fsp3) is 0.944. The van der Waals surface area contributed by atoms with Crippen LogP contribution in [0.15, 0.2) is 4.99 Å². The minimum Gasteiger partial charge on any atom is -0.355 e. The highest BCUT2D eigenvalue weighted by molar-refractivity contribution is 5.79. The fourth-order valence-corrected chi connectivity index (χ4v) is 3.36. The highest BCUT2D eigenvalue weighted by atomic mass is 15.2. The molecule has 5 nitrogen and oxygen atoms in total. The first kappa shape index (κ1) is 20.2. The number of nitrogens with one attached hydrogen (secondary N) is 2. The van der Waals surface area contributed by atoms with Gasteiger partial charge in [-0.25, -0.2) is 0 Å². The molecule has 1 aliphatic heterocycles. The number of likely N-dealkylation sites (tertiary alicyclic amines) is 1. The molecule has 0 radical (unpaired) electrons. The zero-order valence-corrected chi connectivity index (χ0v) is 16.4. The van der Waals surface area contributed by atoms with Gasteiger partial charge in [0.05, 0.1) is 0 Å². The number of guanidine groups is 1. The lowest BCUT2D eigenvalue weighted by molar-refractivity contribution is 0.166.